The number of rotatable bonds is 13. The Morgan fingerprint density at radius 2 is 1.44 bits per heavy atom. The van der Waals surface area contributed by atoms with E-state index in [1.807, 2.05) is 44.2 Å². The van der Waals surface area contributed by atoms with Crippen LogP contribution in [0.3, 0.4) is 0 Å². The minimum absolute atomic E-state index is 0.0475. The second-order valence-corrected chi connectivity index (χ2v) is 13.6. The zero-order valence-corrected chi connectivity index (χ0v) is 27.2. The molecule has 45 heavy (non-hydrogen) atoms. The lowest BCUT2D eigenvalue weighted by Gasteiger charge is -2.34. The molecular weight excluding hydrogens is 636 g/mol. The molecule has 0 aromatic heterocycles. The van der Waals surface area contributed by atoms with Gasteiger partial charge in [0.15, 0.2) is 0 Å². The van der Waals surface area contributed by atoms with Crippen LogP contribution in [0.1, 0.15) is 25.0 Å². The topological polar surface area (TPSA) is 86.8 Å². The molecule has 4 aromatic rings. The van der Waals surface area contributed by atoms with Gasteiger partial charge in [-0.2, -0.15) is 0 Å². The van der Waals surface area contributed by atoms with Crippen LogP contribution in [0.4, 0.5) is 10.1 Å². The van der Waals surface area contributed by atoms with Crippen molar-refractivity contribution in [2.45, 2.75) is 37.8 Å². The molecule has 0 aliphatic rings. The average Bonchev–Trinajstić information content (AvgIpc) is 3.03. The fraction of sp³-hybridized carbons (Fsp3) is 0.235. The fourth-order valence-electron chi connectivity index (χ4n) is 4.67. The quantitative estimate of drug-likeness (QED) is 0.171. The van der Waals surface area contributed by atoms with E-state index in [2.05, 4.69) is 5.32 Å². The van der Waals surface area contributed by atoms with E-state index in [4.69, 9.17) is 23.2 Å². The summed E-state index contributed by atoms with van der Waals surface area (Å²) < 4.78 is 42.7. The van der Waals surface area contributed by atoms with Crippen molar-refractivity contribution in [2.24, 2.45) is 5.92 Å². The molecule has 236 valence electrons. The van der Waals surface area contributed by atoms with Gasteiger partial charge in [0, 0.05) is 19.5 Å². The van der Waals surface area contributed by atoms with E-state index in [9.17, 15) is 22.4 Å². The van der Waals surface area contributed by atoms with Crippen molar-refractivity contribution in [1.82, 2.24) is 10.2 Å². The summed E-state index contributed by atoms with van der Waals surface area (Å²) in [6, 6.07) is 25.6. The van der Waals surface area contributed by atoms with Crippen molar-refractivity contribution in [3.63, 3.8) is 0 Å². The lowest BCUT2D eigenvalue weighted by atomic mass is 10.0. The van der Waals surface area contributed by atoms with E-state index >= 15 is 0 Å². The number of hydrogen-bond acceptors (Lipinski definition) is 4. The van der Waals surface area contributed by atoms with Crippen molar-refractivity contribution in [2.75, 3.05) is 17.4 Å². The summed E-state index contributed by atoms with van der Waals surface area (Å²) in [6.07, 6.45) is 0.166. The van der Waals surface area contributed by atoms with Gasteiger partial charge in [-0.25, -0.2) is 12.8 Å². The van der Waals surface area contributed by atoms with Gasteiger partial charge in [-0.05, 0) is 65.6 Å². The number of benzene rings is 4. The summed E-state index contributed by atoms with van der Waals surface area (Å²) in [5.41, 5.74) is 1.49. The molecule has 0 aliphatic carbocycles. The zero-order chi connectivity index (χ0) is 32.6. The van der Waals surface area contributed by atoms with Crippen molar-refractivity contribution in [3.8, 4) is 0 Å². The third kappa shape index (κ3) is 9.06. The van der Waals surface area contributed by atoms with Crippen LogP contribution in [0, 0.1) is 11.7 Å². The number of amides is 2. The Labute approximate surface area is 273 Å². The Morgan fingerprint density at radius 1 is 0.822 bits per heavy atom. The molecule has 0 bridgehead atoms. The Balaban J connectivity index is 1.80. The van der Waals surface area contributed by atoms with Gasteiger partial charge in [0.25, 0.3) is 10.0 Å². The van der Waals surface area contributed by atoms with Gasteiger partial charge in [0.2, 0.25) is 11.8 Å². The highest BCUT2D eigenvalue weighted by molar-refractivity contribution is 7.92. The molecule has 11 heteroatoms. The lowest BCUT2D eigenvalue weighted by Crippen LogP contribution is -2.53. The summed E-state index contributed by atoms with van der Waals surface area (Å²) >= 11 is 12.5. The van der Waals surface area contributed by atoms with Gasteiger partial charge in [0.05, 0.1) is 20.6 Å². The Kier molecular flexibility index (Phi) is 11.6. The highest BCUT2D eigenvalue weighted by Gasteiger charge is 2.34. The summed E-state index contributed by atoms with van der Waals surface area (Å²) in [4.78, 5) is 29.5. The van der Waals surface area contributed by atoms with Crippen LogP contribution in [0.15, 0.2) is 108 Å². The number of nitrogens with one attached hydrogen (secondary N) is 1. The number of carbonyl (C=O) groups excluding carboxylic acids is 2. The Morgan fingerprint density at radius 3 is 2.04 bits per heavy atom. The number of anilines is 1. The first-order chi connectivity index (χ1) is 21.5. The molecule has 1 N–H and O–H groups in total. The van der Waals surface area contributed by atoms with Gasteiger partial charge < -0.3 is 10.2 Å². The Hall–Kier alpha value is -3.92. The maximum atomic E-state index is 14.4. The summed E-state index contributed by atoms with van der Waals surface area (Å²) in [7, 11) is -4.28. The first kappa shape index (κ1) is 34.0. The molecule has 0 spiro atoms. The first-order valence-electron chi connectivity index (χ1n) is 14.3. The minimum atomic E-state index is -4.28. The van der Waals surface area contributed by atoms with Gasteiger partial charge in [-0.15, -0.1) is 0 Å². The molecule has 0 saturated carbocycles. The molecule has 4 aromatic carbocycles. The molecule has 0 aliphatic heterocycles. The van der Waals surface area contributed by atoms with Gasteiger partial charge in [-0.1, -0.05) is 91.6 Å². The van der Waals surface area contributed by atoms with Crippen LogP contribution >= 0.6 is 23.2 Å². The molecule has 0 saturated heterocycles. The third-order valence-corrected chi connectivity index (χ3v) is 9.54. The van der Waals surface area contributed by atoms with Crippen LogP contribution in [-0.4, -0.2) is 44.3 Å². The number of nitrogens with zero attached hydrogens (tertiary/aromatic N) is 2. The highest BCUT2D eigenvalue weighted by Crippen LogP contribution is 2.27. The predicted octanol–water partition coefficient (Wildman–Crippen LogP) is 6.74. The zero-order valence-electron chi connectivity index (χ0n) is 24.9. The van der Waals surface area contributed by atoms with E-state index in [-0.39, 0.29) is 40.4 Å². The smallest absolute Gasteiger partial charge is 0.264 e. The van der Waals surface area contributed by atoms with E-state index in [1.165, 1.54) is 29.2 Å². The average molecular weight is 671 g/mol. The lowest BCUT2D eigenvalue weighted by molar-refractivity contribution is -0.140. The van der Waals surface area contributed by atoms with Crippen LogP contribution in [0.5, 0.6) is 0 Å². The van der Waals surface area contributed by atoms with Crippen LogP contribution in [0.25, 0.3) is 0 Å². The van der Waals surface area contributed by atoms with E-state index in [1.54, 1.807) is 36.4 Å². The molecule has 0 fully saturated rings. The second kappa shape index (κ2) is 15.4. The van der Waals surface area contributed by atoms with E-state index in [0.717, 1.165) is 22.0 Å². The standard InChI is InChI=1S/C34H34Cl2FN3O4S/c1-24(2)21-38-34(42)32(20-25-9-5-3-6-10-25)39(22-26-13-18-30(35)31(36)19-26)33(41)23-40(28-16-14-27(37)15-17-28)45(43,44)29-11-7-4-8-12-29/h3-19,24,32H,20-23H2,1-2H3,(H,38,42)/t32-/m1/s1. The monoisotopic (exact) mass is 669 g/mol. The van der Waals surface area contributed by atoms with Crippen molar-refractivity contribution in [1.29, 1.82) is 0 Å². The van der Waals surface area contributed by atoms with Gasteiger partial charge in [-0.3, -0.25) is 13.9 Å². The molecule has 0 radical (unpaired) electrons. The van der Waals surface area contributed by atoms with Gasteiger partial charge >= 0.3 is 0 Å². The SMILES string of the molecule is CC(C)CNC(=O)[C@@H](Cc1ccccc1)N(Cc1ccc(Cl)c(Cl)c1)C(=O)CN(c1ccc(F)cc1)S(=O)(=O)c1ccccc1. The normalized spacial score (nSPS) is 12.0. The van der Waals surface area contributed by atoms with Crippen molar-refractivity contribution >= 4 is 50.7 Å². The fourth-order valence-corrected chi connectivity index (χ4v) is 6.42. The predicted molar refractivity (Wildman–Crippen MR) is 176 cm³/mol. The largest absolute Gasteiger partial charge is 0.354 e. The molecule has 1 atom stereocenters. The van der Waals surface area contributed by atoms with Crippen molar-refractivity contribution in [3.05, 3.63) is 130 Å². The molecule has 0 unspecified atom stereocenters. The molecule has 7 nitrogen and oxygen atoms in total. The molecule has 2 amide bonds. The van der Waals surface area contributed by atoms with E-state index < -0.39 is 34.3 Å². The van der Waals surface area contributed by atoms with Crippen LogP contribution in [-0.2, 0) is 32.6 Å². The second-order valence-electron chi connectivity index (χ2n) is 10.9. The summed E-state index contributed by atoms with van der Waals surface area (Å²) in [5.74, 6) is -1.45. The van der Waals surface area contributed by atoms with Crippen molar-refractivity contribution < 1.29 is 22.4 Å². The number of carbonyl (C=O) groups is 2. The maximum absolute atomic E-state index is 14.4. The summed E-state index contributed by atoms with van der Waals surface area (Å²) in [6.45, 7) is 3.57. The third-order valence-electron chi connectivity index (χ3n) is 7.02. The summed E-state index contributed by atoms with van der Waals surface area (Å²) in [5, 5.41) is 3.53. The minimum Gasteiger partial charge on any atom is -0.354 e. The number of halogens is 3. The molecular formula is C34H34Cl2FN3O4S. The Bertz CT molecular complexity index is 1710. The maximum Gasteiger partial charge on any atom is 0.264 e. The van der Waals surface area contributed by atoms with Gasteiger partial charge in [0.1, 0.15) is 18.4 Å². The highest BCUT2D eigenvalue weighted by atomic mass is 35.5. The van der Waals surface area contributed by atoms with E-state index in [0.29, 0.717) is 17.1 Å². The number of sulfonamides is 1. The van der Waals surface area contributed by atoms with Crippen LogP contribution in [0.2, 0.25) is 10.0 Å². The first-order valence-corrected chi connectivity index (χ1v) is 16.5. The van der Waals surface area contributed by atoms with Crippen LogP contribution < -0.4 is 9.62 Å². The molecule has 0 heterocycles. The number of hydrogen-bond donors (Lipinski definition) is 1. The molecule has 4 rings (SSSR count).